The van der Waals surface area contributed by atoms with E-state index >= 15 is 0 Å². The molecule has 6 heteroatoms. The van der Waals surface area contributed by atoms with Gasteiger partial charge in [0.1, 0.15) is 6.54 Å². The van der Waals surface area contributed by atoms with E-state index in [1.807, 2.05) is 30.3 Å². The lowest BCUT2D eigenvalue weighted by atomic mass is 9.88. The van der Waals surface area contributed by atoms with Crippen molar-refractivity contribution in [2.45, 2.75) is 38.3 Å². The Morgan fingerprint density at radius 1 is 1.00 bits per heavy atom. The maximum Gasteiger partial charge on any atom is 0.258 e. The second kappa shape index (κ2) is 8.95. The molecule has 4 rings (SSSR count). The van der Waals surface area contributed by atoms with Gasteiger partial charge in [0.15, 0.2) is 0 Å². The molecule has 0 bridgehead atoms. The van der Waals surface area contributed by atoms with Crippen LogP contribution in [0.4, 0.5) is 0 Å². The van der Waals surface area contributed by atoms with Gasteiger partial charge in [-0.1, -0.05) is 42.5 Å². The van der Waals surface area contributed by atoms with Gasteiger partial charge in [-0.2, -0.15) is 0 Å². The Bertz CT molecular complexity index is 1140. The minimum absolute atomic E-state index is 0.0364. The summed E-state index contributed by atoms with van der Waals surface area (Å²) in [7, 11) is 0. The molecule has 0 saturated heterocycles. The third-order valence-electron chi connectivity index (χ3n) is 5.58. The molecule has 2 N–H and O–H groups in total. The molecule has 1 heterocycles. The molecule has 0 unspecified atom stereocenters. The van der Waals surface area contributed by atoms with Crippen molar-refractivity contribution in [1.29, 1.82) is 0 Å². The van der Waals surface area contributed by atoms with Crippen molar-refractivity contribution >= 4 is 22.6 Å². The molecule has 154 valence electrons. The summed E-state index contributed by atoms with van der Waals surface area (Å²) in [6, 6.07) is 17.4. The summed E-state index contributed by atoms with van der Waals surface area (Å²) in [5.41, 5.74) is 2.29. The fourth-order valence-electron chi connectivity index (χ4n) is 4.05. The minimum Gasteiger partial charge on any atom is -0.354 e. The second-order valence-corrected chi connectivity index (χ2v) is 7.65. The number of benzene rings is 2. The second-order valence-electron chi connectivity index (χ2n) is 7.65. The molecule has 2 amide bonds. The fourth-order valence-corrected chi connectivity index (χ4v) is 4.05. The van der Waals surface area contributed by atoms with Gasteiger partial charge in [-0.25, -0.2) is 0 Å². The predicted octanol–water partition coefficient (Wildman–Crippen LogP) is 2.70. The Balaban J connectivity index is 1.28. The number of aryl methyl sites for hydroxylation is 1. The summed E-state index contributed by atoms with van der Waals surface area (Å²) in [5, 5.41) is 7.25. The molecule has 1 aliphatic rings. The number of carbonyl (C=O) groups excluding carboxylic acids is 2. The number of fused-ring (bicyclic) bond motifs is 2. The van der Waals surface area contributed by atoms with Crippen molar-refractivity contribution in [2.75, 3.05) is 6.54 Å². The number of hydrogen-bond donors (Lipinski definition) is 2. The summed E-state index contributed by atoms with van der Waals surface area (Å²) in [6.07, 6.45) is 4.86. The molecule has 0 aliphatic heterocycles. The zero-order valence-electron chi connectivity index (χ0n) is 16.8. The third kappa shape index (κ3) is 4.43. The van der Waals surface area contributed by atoms with Crippen LogP contribution in [0.15, 0.2) is 65.6 Å². The van der Waals surface area contributed by atoms with Crippen molar-refractivity contribution in [3.63, 3.8) is 0 Å². The first-order chi connectivity index (χ1) is 14.6. The average molecular weight is 403 g/mol. The zero-order valence-corrected chi connectivity index (χ0v) is 16.8. The van der Waals surface area contributed by atoms with Gasteiger partial charge in [-0.05, 0) is 47.9 Å². The number of hydrogen-bond acceptors (Lipinski definition) is 3. The topological polar surface area (TPSA) is 80.2 Å². The van der Waals surface area contributed by atoms with E-state index in [0.717, 1.165) is 24.6 Å². The van der Waals surface area contributed by atoms with Crippen LogP contribution in [0.2, 0.25) is 0 Å². The van der Waals surface area contributed by atoms with Gasteiger partial charge in [-0.3, -0.25) is 14.4 Å². The molecule has 3 aromatic rings. The van der Waals surface area contributed by atoms with Crippen molar-refractivity contribution in [3.05, 3.63) is 82.3 Å². The number of nitrogens with zero attached hydrogens (tertiary/aromatic N) is 1. The van der Waals surface area contributed by atoms with Crippen LogP contribution in [-0.2, 0) is 22.6 Å². The first-order valence-corrected chi connectivity index (χ1v) is 10.3. The predicted molar refractivity (Wildman–Crippen MR) is 116 cm³/mol. The van der Waals surface area contributed by atoms with E-state index in [4.69, 9.17) is 0 Å². The van der Waals surface area contributed by atoms with Gasteiger partial charge in [0.2, 0.25) is 11.8 Å². The molecule has 1 atom stereocenters. The zero-order chi connectivity index (χ0) is 20.9. The summed E-state index contributed by atoms with van der Waals surface area (Å²) < 4.78 is 1.39. The highest BCUT2D eigenvalue weighted by Crippen LogP contribution is 2.29. The monoisotopic (exact) mass is 403 g/mol. The Hall–Kier alpha value is -3.41. The summed E-state index contributed by atoms with van der Waals surface area (Å²) in [5.74, 6) is -0.372. The molecular formula is C24H25N3O3. The van der Waals surface area contributed by atoms with Crippen LogP contribution in [0.1, 0.15) is 36.4 Å². The lowest BCUT2D eigenvalue weighted by molar-refractivity contribution is -0.123. The lowest BCUT2D eigenvalue weighted by Gasteiger charge is -2.26. The summed E-state index contributed by atoms with van der Waals surface area (Å²) in [4.78, 5) is 37.1. The van der Waals surface area contributed by atoms with Crippen molar-refractivity contribution < 1.29 is 9.59 Å². The summed E-state index contributed by atoms with van der Waals surface area (Å²) in [6.45, 7) is 0.169. The largest absolute Gasteiger partial charge is 0.354 e. The van der Waals surface area contributed by atoms with Gasteiger partial charge < -0.3 is 15.2 Å². The van der Waals surface area contributed by atoms with E-state index in [1.165, 1.54) is 15.7 Å². The van der Waals surface area contributed by atoms with E-state index < -0.39 is 0 Å². The number of nitrogens with one attached hydrogen (secondary N) is 2. The molecule has 0 fully saturated rings. The van der Waals surface area contributed by atoms with Gasteiger partial charge in [0.25, 0.3) is 5.56 Å². The van der Waals surface area contributed by atoms with Gasteiger partial charge in [-0.15, -0.1) is 0 Å². The maximum absolute atomic E-state index is 12.5. The van der Waals surface area contributed by atoms with Crippen molar-refractivity contribution in [3.8, 4) is 0 Å². The first kappa shape index (κ1) is 19.9. The van der Waals surface area contributed by atoms with Crippen LogP contribution in [-0.4, -0.2) is 22.9 Å². The van der Waals surface area contributed by atoms with Crippen LogP contribution in [0.5, 0.6) is 0 Å². The van der Waals surface area contributed by atoms with E-state index in [0.29, 0.717) is 5.39 Å². The standard InChI is InChI=1S/C24H25N3O3/c28-22(26-21-11-5-8-17-6-1-3-9-19(17)21)12-14-25-23(29)16-27-15-13-18-7-2-4-10-20(18)24(27)30/h1-4,6-7,9-10,13,15,21H,5,8,11-12,14,16H2,(H,25,29)(H,26,28)/t21-/m0/s1. The quantitative estimate of drug-likeness (QED) is 0.664. The molecule has 30 heavy (non-hydrogen) atoms. The highest BCUT2D eigenvalue weighted by molar-refractivity contribution is 5.82. The van der Waals surface area contributed by atoms with Gasteiger partial charge in [0.05, 0.1) is 6.04 Å². The number of aromatic nitrogens is 1. The van der Waals surface area contributed by atoms with Crippen LogP contribution in [0.3, 0.4) is 0 Å². The van der Waals surface area contributed by atoms with E-state index in [1.54, 1.807) is 18.3 Å². The summed E-state index contributed by atoms with van der Waals surface area (Å²) >= 11 is 0. The lowest BCUT2D eigenvalue weighted by Crippen LogP contribution is -2.36. The Morgan fingerprint density at radius 3 is 2.70 bits per heavy atom. The maximum atomic E-state index is 12.5. The minimum atomic E-state index is -0.289. The highest BCUT2D eigenvalue weighted by atomic mass is 16.2. The Morgan fingerprint density at radius 2 is 1.80 bits per heavy atom. The molecule has 0 spiro atoms. The van der Waals surface area contributed by atoms with Gasteiger partial charge >= 0.3 is 0 Å². The Kier molecular flexibility index (Phi) is 5.93. The third-order valence-corrected chi connectivity index (χ3v) is 5.58. The number of carbonyl (C=O) groups is 2. The average Bonchev–Trinajstić information content (AvgIpc) is 2.76. The highest BCUT2D eigenvalue weighted by Gasteiger charge is 2.21. The van der Waals surface area contributed by atoms with Crippen LogP contribution >= 0.6 is 0 Å². The molecule has 1 aliphatic carbocycles. The molecule has 6 nitrogen and oxygen atoms in total. The Labute approximate surface area is 174 Å². The van der Waals surface area contributed by atoms with Crippen LogP contribution < -0.4 is 16.2 Å². The molecule has 0 saturated carbocycles. The molecule has 1 aromatic heterocycles. The first-order valence-electron chi connectivity index (χ1n) is 10.3. The van der Waals surface area contributed by atoms with Crippen LogP contribution in [0, 0.1) is 0 Å². The number of rotatable bonds is 6. The number of amides is 2. The number of pyridine rings is 1. The van der Waals surface area contributed by atoms with E-state index in [9.17, 15) is 14.4 Å². The molecule has 0 radical (unpaired) electrons. The van der Waals surface area contributed by atoms with E-state index in [2.05, 4.69) is 22.8 Å². The normalized spacial score (nSPS) is 15.4. The smallest absolute Gasteiger partial charge is 0.258 e. The molecule has 2 aromatic carbocycles. The van der Waals surface area contributed by atoms with Crippen molar-refractivity contribution in [1.82, 2.24) is 15.2 Å². The SMILES string of the molecule is O=C(Cn1ccc2ccccc2c1=O)NCCC(=O)N[C@H]1CCCc2ccccc21. The van der Waals surface area contributed by atoms with Crippen LogP contribution in [0.25, 0.3) is 10.8 Å². The van der Waals surface area contributed by atoms with Gasteiger partial charge in [0, 0.05) is 24.5 Å². The fraction of sp³-hybridized carbons (Fsp3) is 0.292. The van der Waals surface area contributed by atoms with Crippen molar-refractivity contribution in [2.24, 2.45) is 0 Å². The molecular weight excluding hydrogens is 378 g/mol. The van der Waals surface area contributed by atoms with E-state index in [-0.39, 0.29) is 42.9 Å².